The molecule has 7 nitrogen and oxygen atoms in total. The van der Waals surface area contributed by atoms with Gasteiger partial charge in [-0.05, 0) is 13.0 Å². The number of esters is 1. The molecule has 17 heavy (non-hydrogen) atoms. The molecular weight excluding hydrogens is 226 g/mol. The number of hydrogen-bond acceptors (Lipinski definition) is 5. The molecule has 88 valence electrons. The average Bonchev–Trinajstić information content (AvgIpc) is 2.71. The maximum atomic E-state index is 11.5. The first kappa shape index (κ1) is 11.1. The van der Waals surface area contributed by atoms with Crippen molar-refractivity contribution in [2.75, 3.05) is 6.61 Å². The van der Waals surface area contributed by atoms with Crippen LogP contribution in [0.15, 0.2) is 24.5 Å². The molecule has 0 unspecified atom stereocenters. The molecule has 2 aromatic heterocycles. The predicted molar refractivity (Wildman–Crippen MR) is 57.8 cm³/mol. The van der Waals surface area contributed by atoms with E-state index in [9.17, 15) is 14.9 Å². The summed E-state index contributed by atoms with van der Waals surface area (Å²) in [7, 11) is 0. The molecule has 0 bridgehead atoms. The van der Waals surface area contributed by atoms with Crippen molar-refractivity contribution in [3.8, 4) is 0 Å². The Kier molecular flexibility index (Phi) is 2.73. The van der Waals surface area contributed by atoms with Gasteiger partial charge in [0.15, 0.2) is 5.69 Å². The molecule has 0 aromatic carbocycles. The predicted octanol–water partition coefficient (Wildman–Crippen LogP) is 1.42. The largest absolute Gasteiger partial charge is 0.461 e. The summed E-state index contributed by atoms with van der Waals surface area (Å²) in [6, 6.07) is 2.80. The molecule has 0 amide bonds. The van der Waals surface area contributed by atoms with Crippen LogP contribution in [-0.2, 0) is 4.74 Å². The van der Waals surface area contributed by atoms with Gasteiger partial charge in [-0.1, -0.05) is 0 Å². The Balaban J connectivity index is 2.54. The summed E-state index contributed by atoms with van der Waals surface area (Å²) in [6.07, 6.45) is 2.58. The lowest BCUT2D eigenvalue weighted by Crippen LogP contribution is -2.08. The number of imidazole rings is 1. The van der Waals surface area contributed by atoms with Gasteiger partial charge in [0.2, 0.25) is 0 Å². The summed E-state index contributed by atoms with van der Waals surface area (Å²) in [5.74, 6) is -0.555. The highest BCUT2D eigenvalue weighted by Crippen LogP contribution is 2.15. The smallest absolute Gasteiger partial charge is 0.356 e. The number of pyridine rings is 1. The van der Waals surface area contributed by atoms with E-state index in [1.165, 1.54) is 28.9 Å². The molecule has 7 heteroatoms. The third-order valence-electron chi connectivity index (χ3n) is 2.19. The second kappa shape index (κ2) is 4.20. The first-order valence-corrected chi connectivity index (χ1v) is 4.92. The Morgan fingerprint density at radius 2 is 2.35 bits per heavy atom. The van der Waals surface area contributed by atoms with Gasteiger partial charge < -0.3 is 4.74 Å². The molecule has 2 aromatic rings. The number of aromatic nitrogens is 2. The fraction of sp³-hybridized carbons (Fsp3) is 0.200. The molecule has 0 atom stereocenters. The molecule has 0 aliphatic heterocycles. The van der Waals surface area contributed by atoms with Crippen LogP contribution in [0.4, 0.5) is 5.69 Å². The van der Waals surface area contributed by atoms with Gasteiger partial charge in [-0.3, -0.25) is 14.5 Å². The number of ether oxygens (including phenoxy) is 1. The lowest BCUT2D eigenvalue weighted by atomic mass is 10.4. The lowest BCUT2D eigenvalue weighted by Gasteiger charge is -2.01. The zero-order valence-electron chi connectivity index (χ0n) is 8.99. The van der Waals surface area contributed by atoms with Crippen LogP contribution in [0.5, 0.6) is 0 Å². The van der Waals surface area contributed by atoms with Gasteiger partial charge in [-0.2, -0.15) is 0 Å². The molecule has 0 aliphatic carbocycles. The van der Waals surface area contributed by atoms with Gasteiger partial charge >= 0.3 is 5.97 Å². The van der Waals surface area contributed by atoms with Crippen LogP contribution in [0.25, 0.3) is 5.65 Å². The summed E-state index contributed by atoms with van der Waals surface area (Å²) < 4.78 is 6.17. The Morgan fingerprint density at radius 1 is 1.59 bits per heavy atom. The van der Waals surface area contributed by atoms with E-state index in [1.54, 1.807) is 6.92 Å². The van der Waals surface area contributed by atoms with Gasteiger partial charge in [0.1, 0.15) is 5.65 Å². The van der Waals surface area contributed by atoms with Crippen LogP contribution in [0, 0.1) is 10.1 Å². The minimum atomic E-state index is -0.555. The van der Waals surface area contributed by atoms with E-state index < -0.39 is 10.9 Å². The van der Waals surface area contributed by atoms with E-state index in [2.05, 4.69) is 4.98 Å². The number of carbonyl (C=O) groups excluding carboxylic acids is 1. The van der Waals surface area contributed by atoms with E-state index in [0.717, 1.165) is 0 Å². The van der Waals surface area contributed by atoms with Gasteiger partial charge in [0.05, 0.1) is 23.9 Å². The van der Waals surface area contributed by atoms with E-state index in [-0.39, 0.29) is 18.0 Å². The highest BCUT2D eigenvalue weighted by atomic mass is 16.6. The van der Waals surface area contributed by atoms with Crippen molar-refractivity contribution in [3.63, 3.8) is 0 Å². The Morgan fingerprint density at radius 3 is 3.00 bits per heavy atom. The second-order valence-corrected chi connectivity index (χ2v) is 3.24. The summed E-state index contributed by atoms with van der Waals surface area (Å²) in [4.78, 5) is 25.6. The van der Waals surface area contributed by atoms with Crippen molar-refractivity contribution in [2.45, 2.75) is 6.92 Å². The zero-order valence-corrected chi connectivity index (χ0v) is 8.99. The quantitative estimate of drug-likeness (QED) is 0.456. The number of nitro groups is 1. The maximum absolute atomic E-state index is 11.5. The van der Waals surface area contributed by atoms with Crippen molar-refractivity contribution in [3.05, 3.63) is 40.3 Å². The monoisotopic (exact) mass is 235 g/mol. The molecule has 2 heterocycles. The molecule has 2 rings (SSSR count). The molecular formula is C10H9N3O4. The molecule has 0 saturated carbocycles. The maximum Gasteiger partial charge on any atom is 0.356 e. The van der Waals surface area contributed by atoms with Gasteiger partial charge in [-0.25, -0.2) is 9.78 Å². The van der Waals surface area contributed by atoms with Gasteiger partial charge in [0.25, 0.3) is 5.69 Å². The van der Waals surface area contributed by atoms with Crippen LogP contribution >= 0.6 is 0 Å². The molecule has 0 N–H and O–H groups in total. The van der Waals surface area contributed by atoms with Crippen molar-refractivity contribution in [2.24, 2.45) is 0 Å². The number of fused-ring (bicyclic) bond motifs is 1. The van der Waals surface area contributed by atoms with Gasteiger partial charge in [0, 0.05) is 6.07 Å². The molecule has 0 radical (unpaired) electrons. The lowest BCUT2D eigenvalue weighted by molar-refractivity contribution is -0.385. The molecule has 0 saturated heterocycles. The fourth-order valence-corrected chi connectivity index (χ4v) is 1.43. The molecule has 0 spiro atoms. The van der Waals surface area contributed by atoms with Crippen LogP contribution in [-0.4, -0.2) is 26.9 Å². The van der Waals surface area contributed by atoms with Crippen LogP contribution < -0.4 is 0 Å². The zero-order chi connectivity index (χ0) is 12.4. The van der Waals surface area contributed by atoms with E-state index in [0.29, 0.717) is 5.65 Å². The summed E-state index contributed by atoms with van der Waals surface area (Å²) in [6.45, 7) is 1.92. The molecule has 0 fully saturated rings. The second-order valence-electron chi connectivity index (χ2n) is 3.24. The summed E-state index contributed by atoms with van der Waals surface area (Å²) in [5, 5.41) is 10.6. The van der Waals surface area contributed by atoms with Crippen LogP contribution in [0.2, 0.25) is 0 Å². The molecule has 0 aliphatic rings. The van der Waals surface area contributed by atoms with Crippen molar-refractivity contribution >= 4 is 17.3 Å². The summed E-state index contributed by atoms with van der Waals surface area (Å²) >= 11 is 0. The van der Waals surface area contributed by atoms with Crippen LogP contribution in [0.3, 0.4) is 0 Å². The first-order valence-electron chi connectivity index (χ1n) is 4.92. The summed E-state index contributed by atoms with van der Waals surface area (Å²) in [5.41, 5.74) is 0.519. The Hall–Kier alpha value is -2.44. The number of carbonyl (C=O) groups is 1. The van der Waals surface area contributed by atoms with E-state index >= 15 is 0 Å². The van der Waals surface area contributed by atoms with Crippen LogP contribution in [0.1, 0.15) is 17.4 Å². The minimum Gasteiger partial charge on any atom is -0.461 e. The van der Waals surface area contributed by atoms with Crippen molar-refractivity contribution in [1.29, 1.82) is 0 Å². The SMILES string of the molecule is CCOC(=O)c1cnc2ccc([N+](=O)[O-])cn12. The minimum absolute atomic E-state index is 0.110. The fourth-order valence-electron chi connectivity index (χ4n) is 1.43. The first-order chi connectivity index (χ1) is 8.13. The Bertz CT molecular complexity index is 590. The van der Waals surface area contributed by atoms with Crippen molar-refractivity contribution in [1.82, 2.24) is 9.38 Å². The standard InChI is InChI=1S/C10H9N3O4/c1-2-17-10(14)8-5-11-9-4-3-7(13(15)16)6-12(8)9/h3-6H,2H2,1H3. The van der Waals surface area contributed by atoms with Gasteiger partial charge in [-0.15, -0.1) is 0 Å². The van der Waals surface area contributed by atoms with E-state index in [1.807, 2.05) is 0 Å². The number of nitrogens with zero attached hydrogens (tertiary/aromatic N) is 3. The average molecular weight is 235 g/mol. The third kappa shape index (κ3) is 1.94. The highest BCUT2D eigenvalue weighted by molar-refractivity contribution is 5.88. The van der Waals surface area contributed by atoms with E-state index in [4.69, 9.17) is 4.74 Å². The van der Waals surface area contributed by atoms with Crippen molar-refractivity contribution < 1.29 is 14.5 Å². The number of rotatable bonds is 3. The number of hydrogen-bond donors (Lipinski definition) is 0. The third-order valence-corrected chi connectivity index (χ3v) is 2.19. The topological polar surface area (TPSA) is 86.7 Å². The Labute approximate surface area is 95.8 Å². The normalized spacial score (nSPS) is 10.4. The highest BCUT2D eigenvalue weighted by Gasteiger charge is 2.15.